The highest BCUT2D eigenvalue weighted by molar-refractivity contribution is 9.09. The highest BCUT2D eigenvalue weighted by Gasteiger charge is 2.68. The predicted molar refractivity (Wildman–Crippen MR) is 139 cm³/mol. The fourth-order valence-electron chi connectivity index (χ4n) is 5.91. The van der Waals surface area contributed by atoms with Gasteiger partial charge < -0.3 is 18.3 Å². The number of rotatable bonds is 6. The molecular weight excluding hydrogens is 464 g/mol. The number of hydrogen-bond donors (Lipinski definition) is 0. The summed E-state index contributed by atoms with van der Waals surface area (Å²) in [7, 11) is -2.52. The molecular formula is C25H31BrN4Si. The molecule has 1 fully saturated rings. The molecule has 3 aliphatic rings. The first-order chi connectivity index (χ1) is 15.2. The van der Waals surface area contributed by atoms with Crippen LogP contribution >= 0.6 is 15.9 Å². The smallest absolute Gasteiger partial charge is 0.345 e. The molecule has 162 valence electrons. The number of benzene rings is 2. The van der Waals surface area contributed by atoms with Crippen molar-refractivity contribution >= 4 is 47.4 Å². The molecule has 3 aliphatic heterocycles. The van der Waals surface area contributed by atoms with Crippen LogP contribution in [0.5, 0.6) is 0 Å². The molecule has 3 atom stereocenters. The Labute approximate surface area is 195 Å². The van der Waals surface area contributed by atoms with Gasteiger partial charge in [0.15, 0.2) is 0 Å². The minimum atomic E-state index is -2.52. The van der Waals surface area contributed by atoms with E-state index in [1.807, 2.05) is 0 Å². The van der Waals surface area contributed by atoms with Gasteiger partial charge >= 0.3 is 8.72 Å². The van der Waals surface area contributed by atoms with Crippen molar-refractivity contribution in [2.45, 2.75) is 13.3 Å². The third kappa shape index (κ3) is 2.77. The van der Waals surface area contributed by atoms with E-state index in [9.17, 15) is 0 Å². The molecule has 0 amide bonds. The largest absolute Gasteiger partial charge is 0.503 e. The second-order valence-electron chi connectivity index (χ2n) is 8.68. The molecule has 2 aromatic carbocycles. The van der Waals surface area contributed by atoms with Crippen LogP contribution < -0.4 is 18.3 Å². The summed E-state index contributed by atoms with van der Waals surface area (Å²) in [5, 5.41) is 1.03. The first-order valence-corrected chi connectivity index (χ1v) is 14.2. The summed E-state index contributed by atoms with van der Waals surface area (Å²) in [6.07, 6.45) is 5.33. The van der Waals surface area contributed by atoms with Gasteiger partial charge in [-0.3, -0.25) is 0 Å². The van der Waals surface area contributed by atoms with Gasteiger partial charge in [0.1, 0.15) is 0 Å². The average Bonchev–Trinajstić information content (AvgIpc) is 3.16. The van der Waals surface area contributed by atoms with Crippen molar-refractivity contribution in [3.8, 4) is 0 Å². The van der Waals surface area contributed by atoms with E-state index in [4.69, 9.17) is 0 Å². The summed E-state index contributed by atoms with van der Waals surface area (Å²) >= 11 is 3.88. The van der Waals surface area contributed by atoms with E-state index in [-0.39, 0.29) is 0 Å². The maximum Gasteiger partial charge on any atom is 0.503 e. The van der Waals surface area contributed by atoms with Crippen LogP contribution in [0.25, 0.3) is 0 Å². The van der Waals surface area contributed by atoms with Crippen molar-refractivity contribution in [3.05, 3.63) is 73.8 Å². The molecule has 1 saturated heterocycles. The maximum absolute atomic E-state index is 4.15. The Morgan fingerprint density at radius 1 is 0.839 bits per heavy atom. The summed E-state index contributed by atoms with van der Waals surface area (Å²) in [5.74, 6) is 1.25. The Bertz CT molecular complexity index is 915. The van der Waals surface area contributed by atoms with Crippen LogP contribution in [-0.4, -0.2) is 40.2 Å². The van der Waals surface area contributed by atoms with Crippen LogP contribution in [0.3, 0.4) is 0 Å². The Kier molecular flexibility index (Phi) is 5.38. The first-order valence-electron chi connectivity index (χ1n) is 11.3. The van der Waals surface area contributed by atoms with E-state index in [1.165, 1.54) is 29.2 Å². The van der Waals surface area contributed by atoms with E-state index in [0.29, 0.717) is 11.8 Å². The third-order valence-corrected chi connectivity index (χ3v) is 12.6. The molecule has 4 nitrogen and oxygen atoms in total. The number of fused-ring (bicyclic) bond motifs is 4. The molecule has 0 radical (unpaired) electrons. The van der Waals surface area contributed by atoms with E-state index < -0.39 is 8.72 Å². The topological polar surface area (TPSA) is 13.0 Å². The van der Waals surface area contributed by atoms with Gasteiger partial charge in [-0.05, 0) is 36.1 Å². The molecule has 0 saturated carbocycles. The summed E-state index contributed by atoms with van der Waals surface area (Å²) in [4.78, 5) is 0. The Hall–Kier alpha value is -2.18. The van der Waals surface area contributed by atoms with Gasteiger partial charge in [-0.15, -0.1) is 13.2 Å². The average molecular weight is 496 g/mol. The lowest BCUT2D eigenvalue weighted by atomic mass is 9.91. The maximum atomic E-state index is 4.15. The standard InChI is InChI=1S/C25H31BrN4Si/c1-4-15-27-22-11-7-9-13-24(22)29-18-20(6-3)21(17-26)19-30-25-14-10-8-12-23(25)28(16-5-2)31(27,29)30/h4-5,7-14,20-21H,1-2,6,15-19H2,3H3. The lowest BCUT2D eigenvalue weighted by molar-refractivity contribution is 0.381. The minimum absolute atomic E-state index is 0.606. The predicted octanol–water partition coefficient (Wildman–Crippen LogP) is 5.50. The van der Waals surface area contributed by atoms with Crippen LogP contribution in [0.1, 0.15) is 13.3 Å². The zero-order chi connectivity index (χ0) is 21.6. The Morgan fingerprint density at radius 2 is 1.29 bits per heavy atom. The van der Waals surface area contributed by atoms with Crippen molar-refractivity contribution in [1.29, 1.82) is 0 Å². The zero-order valence-corrected chi connectivity index (χ0v) is 20.8. The molecule has 6 heteroatoms. The lowest BCUT2D eigenvalue weighted by Gasteiger charge is -2.48. The number of para-hydroxylation sites is 4. The highest BCUT2D eigenvalue weighted by Crippen LogP contribution is 2.55. The van der Waals surface area contributed by atoms with Crippen LogP contribution in [0.4, 0.5) is 22.7 Å². The Morgan fingerprint density at radius 3 is 1.71 bits per heavy atom. The van der Waals surface area contributed by atoms with E-state index in [2.05, 4.69) is 115 Å². The zero-order valence-electron chi connectivity index (χ0n) is 18.3. The van der Waals surface area contributed by atoms with Gasteiger partial charge in [0.05, 0.1) is 22.7 Å². The molecule has 3 unspecified atom stereocenters. The van der Waals surface area contributed by atoms with Gasteiger partial charge in [0, 0.05) is 31.5 Å². The molecule has 0 aliphatic carbocycles. The Balaban J connectivity index is 1.81. The van der Waals surface area contributed by atoms with Crippen molar-refractivity contribution < 1.29 is 0 Å². The van der Waals surface area contributed by atoms with Crippen LogP contribution in [-0.2, 0) is 0 Å². The molecule has 0 N–H and O–H groups in total. The van der Waals surface area contributed by atoms with Crippen molar-refractivity contribution in [3.63, 3.8) is 0 Å². The number of anilines is 4. The summed E-state index contributed by atoms with van der Waals surface area (Å²) < 4.78 is 11.0. The number of alkyl halides is 1. The SMILES string of the molecule is C=CCN1c2ccccc2N2CC(CC)C(CBr)CN3c4ccccc4N(CC=C)[Si]123. The van der Waals surface area contributed by atoms with E-state index in [1.54, 1.807) is 0 Å². The second-order valence-corrected chi connectivity index (χ2v) is 12.7. The first kappa shape index (κ1) is 20.7. The van der Waals surface area contributed by atoms with Gasteiger partial charge in [0.2, 0.25) is 0 Å². The third-order valence-electron chi connectivity index (χ3n) is 7.22. The number of nitrogens with zero attached hydrogens (tertiary/aromatic N) is 4. The number of hydrogen-bond acceptors (Lipinski definition) is 4. The van der Waals surface area contributed by atoms with Gasteiger partial charge in [0.25, 0.3) is 0 Å². The van der Waals surface area contributed by atoms with Crippen LogP contribution in [0.2, 0.25) is 0 Å². The summed E-state index contributed by atoms with van der Waals surface area (Å²) in [6, 6.07) is 18.0. The van der Waals surface area contributed by atoms with Crippen molar-refractivity contribution in [2.75, 3.05) is 49.8 Å². The monoisotopic (exact) mass is 494 g/mol. The fourth-order valence-corrected chi connectivity index (χ4v) is 12.1. The minimum Gasteiger partial charge on any atom is -0.345 e. The van der Waals surface area contributed by atoms with Crippen molar-refractivity contribution in [2.24, 2.45) is 11.8 Å². The van der Waals surface area contributed by atoms with Crippen LogP contribution in [0, 0.1) is 11.8 Å². The van der Waals surface area contributed by atoms with Gasteiger partial charge in [-0.25, -0.2) is 0 Å². The molecule has 1 spiro atoms. The molecule has 0 bridgehead atoms. The highest BCUT2D eigenvalue weighted by atomic mass is 79.9. The quantitative estimate of drug-likeness (QED) is 0.298. The molecule has 2 aromatic rings. The lowest BCUT2D eigenvalue weighted by Crippen LogP contribution is -2.80. The molecule has 3 heterocycles. The fraction of sp³-hybridized carbons (Fsp3) is 0.360. The summed E-state index contributed by atoms with van der Waals surface area (Å²) in [6.45, 7) is 14.5. The van der Waals surface area contributed by atoms with Gasteiger partial charge in [-0.2, -0.15) is 0 Å². The van der Waals surface area contributed by atoms with Crippen LogP contribution in [0.15, 0.2) is 73.8 Å². The molecule has 0 aromatic heterocycles. The van der Waals surface area contributed by atoms with Gasteiger partial charge in [-0.1, -0.05) is 65.7 Å². The van der Waals surface area contributed by atoms with Crippen molar-refractivity contribution in [1.82, 2.24) is 0 Å². The molecule has 5 rings (SSSR count). The summed E-state index contributed by atoms with van der Waals surface area (Å²) in [5.41, 5.74) is 5.42. The molecule has 31 heavy (non-hydrogen) atoms. The van der Waals surface area contributed by atoms with E-state index in [0.717, 1.165) is 31.5 Å². The normalized spacial score (nSPS) is 26.1. The second kappa shape index (κ2) is 8.06. The van der Waals surface area contributed by atoms with E-state index >= 15 is 0 Å². The number of halogens is 1.